The number of anilines is 3. The van der Waals surface area contributed by atoms with Crippen molar-refractivity contribution in [1.29, 1.82) is 0 Å². The molecule has 1 fully saturated rings. The van der Waals surface area contributed by atoms with Gasteiger partial charge in [-0.05, 0) is 48.9 Å². The normalized spacial score (nSPS) is 15.5. The number of aryl methyl sites for hydroxylation is 1. The fourth-order valence-electron chi connectivity index (χ4n) is 4.06. The van der Waals surface area contributed by atoms with Crippen LogP contribution in [-0.4, -0.2) is 61.7 Å². The van der Waals surface area contributed by atoms with Crippen LogP contribution in [0.5, 0.6) is 0 Å². The van der Waals surface area contributed by atoms with Gasteiger partial charge in [0.2, 0.25) is 0 Å². The van der Waals surface area contributed by atoms with Crippen molar-refractivity contribution in [1.82, 2.24) is 30.2 Å². The number of carboxylic acid groups (broad SMARTS) is 1. The molecule has 5 rings (SSSR count). The first-order valence-corrected chi connectivity index (χ1v) is 11.7. The van der Waals surface area contributed by atoms with Gasteiger partial charge in [-0.3, -0.25) is 4.79 Å². The summed E-state index contributed by atoms with van der Waals surface area (Å²) in [5, 5.41) is 15.5. The molecule has 10 nitrogen and oxygen atoms in total. The Morgan fingerprint density at radius 1 is 1.03 bits per heavy atom. The smallest absolute Gasteiger partial charge is 0.322 e. The van der Waals surface area contributed by atoms with Crippen molar-refractivity contribution in [2.75, 3.05) is 29.9 Å². The molecule has 10 heteroatoms. The van der Waals surface area contributed by atoms with Gasteiger partial charge in [0, 0.05) is 49.8 Å². The van der Waals surface area contributed by atoms with Crippen LogP contribution in [0, 0.1) is 6.92 Å². The number of benzene rings is 1. The van der Waals surface area contributed by atoms with Gasteiger partial charge in [0.1, 0.15) is 29.2 Å². The SMILES string of the molecule is Cc1cccc(-c2nccc(Nc3ccnc(Cc4ccc(N5CCN[C@H](C(=O)O)C5)cc4)n3)n2)n1. The summed E-state index contributed by atoms with van der Waals surface area (Å²) in [6, 6.07) is 16.9. The summed E-state index contributed by atoms with van der Waals surface area (Å²) < 4.78 is 0. The predicted molar refractivity (Wildman–Crippen MR) is 136 cm³/mol. The average Bonchev–Trinajstić information content (AvgIpc) is 2.90. The summed E-state index contributed by atoms with van der Waals surface area (Å²) in [6.07, 6.45) is 3.97. The van der Waals surface area contributed by atoms with E-state index in [1.54, 1.807) is 24.5 Å². The monoisotopic (exact) mass is 482 g/mol. The maximum absolute atomic E-state index is 11.3. The zero-order valence-corrected chi connectivity index (χ0v) is 19.8. The highest BCUT2D eigenvalue weighted by atomic mass is 16.4. The fraction of sp³-hybridized carbons (Fsp3) is 0.231. The quantitative estimate of drug-likeness (QED) is 0.362. The van der Waals surface area contributed by atoms with Crippen LogP contribution in [0.3, 0.4) is 0 Å². The molecule has 1 saturated heterocycles. The van der Waals surface area contributed by atoms with Crippen LogP contribution in [0.15, 0.2) is 67.0 Å². The second-order valence-electron chi connectivity index (χ2n) is 8.55. The molecule has 3 N–H and O–H groups in total. The number of hydrogen-bond acceptors (Lipinski definition) is 9. The van der Waals surface area contributed by atoms with Crippen LogP contribution < -0.4 is 15.5 Å². The molecule has 1 atom stereocenters. The summed E-state index contributed by atoms with van der Waals surface area (Å²) >= 11 is 0. The first kappa shape index (κ1) is 23.3. The Kier molecular flexibility index (Phi) is 6.76. The van der Waals surface area contributed by atoms with E-state index in [1.807, 2.05) is 49.4 Å². The molecule has 4 aromatic rings. The second kappa shape index (κ2) is 10.4. The summed E-state index contributed by atoms with van der Waals surface area (Å²) in [4.78, 5) is 35.8. The summed E-state index contributed by atoms with van der Waals surface area (Å²) in [5.41, 5.74) is 3.69. The topological polar surface area (TPSA) is 129 Å². The van der Waals surface area contributed by atoms with Crippen LogP contribution in [0.2, 0.25) is 0 Å². The van der Waals surface area contributed by atoms with E-state index < -0.39 is 12.0 Å². The van der Waals surface area contributed by atoms with Crippen LogP contribution in [0.25, 0.3) is 11.5 Å². The van der Waals surface area contributed by atoms with Gasteiger partial charge < -0.3 is 20.6 Å². The van der Waals surface area contributed by atoms with Gasteiger partial charge in [-0.1, -0.05) is 18.2 Å². The third-order valence-corrected chi connectivity index (χ3v) is 5.87. The maximum Gasteiger partial charge on any atom is 0.322 e. The molecule has 1 aliphatic heterocycles. The van der Waals surface area contributed by atoms with Gasteiger partial charge in [-0.15, -0.1) is 0 Å². The minimum atomic E-state index is -0.827. The Bertz CT molecular complexity index is 1360. The Hall–Kier alpha value is -4.44. The highest BCUT2D eigenvalue weighted by Crippen LogP contribution is 2.20. The van der Waals surface area contributed by atoms with E-state index in [-0.39, 0.29) is 0 Å². The van der Waals surface area contributed by atoms with Crippen LogP contribution in [0.1, 0.15) is 17.1 Å². The van der Waals surface area contributed by atoms with Crippen molar-refractivity contribution < 1.29 is 9.90 Å². The molecule has 0 bridgehead atoms. The van der Waals surface area contributed by atoms with Crippen molar-refractivity contribution in [3.8, 4) is 11.5 Å². The van der Waals surface area contributed by atoms with Gasteiger partial charge in [0.05, 0.1) is 0 Å². The Morgan fingerprint density at radius 3 is 2.58 bits per heavy atom. The highest BCUT2D eigenvalue weighted by Gasteiger charge is 2.24. The van der Waals surface area contributed by atoms with Crippen molar-refractivity contribution in [3.63, 3.8) is 0 Å². The third-order valence-electron chi connectivity index (χ3n) is 5.87. The number of carbonyl (C=O) groups is 1. The van der Waals surface area contributed by atoms with Gasteiger partial charge in [-0.25, -0.2) is 24.9 Å². The minimum Gasteiger partial charge on any atom is -0.480 e. The second-order valence-corrected chi connectivity index (χ2v) is 8.55. The first-order chi connectivity index (χ1) is 17.5. The number of hydrogen-bond donors (Lipinski definition) is 3. The molecule has 4 heterocycles. The maximum atomic E-state index is 11.3. The van der Waals surface area contributed by atoms with Crippen molar-refractivity contribution in [3.05, 3.63) is 84.1 Å². The Morgan fingerprint density at radius 2 is 1.81 bits per heavy atom. The molecule has 1 aromatic carbocycles. The molecule has 0 aliphatic carbocycles. The number of nitrogens with zero attached hydrogens (tertiary/aromatic N) is 6. The fourth-order valence-corrected chi connectivity index (χ4v) is 4.06. The number of nitrogens with one attached hydrogen (secondary N) is 2. The summed E-state index contributed by atoms with van der Waals surface area (Å²) in [7, 11) is 0. The number of aromatic nitrogens is 5. The van der Waals surface area contributed by atoms with E-state index in [2.05, 4.69) is 40.5 Å². The van der Waals surface area contributed by atoms with Gasteiger partial charge in [0.25, 0.3) is 0 Å². The summed E-state index contributed by atoms with van der Waals surface area (Å²) in [6.45, 7) is 3.78. The minimum absolute atomic E-state index is 0.441. The third kappa shape index (κ3) is 5.61. The lowest BCUT2D eigenvalue weighted by atomic mass is 10.1. The number of rotatable bonds is 7. The Labute approximate surface area is 208 Å². The average molecular weight is 483 g/mol. The molecular formula is C26H26N8O2. The van der Waals surface area contributed by atoms with E-state index in [9.17, 15) is 9.90 Å². The summed E-state index contributed by atoms with van der Waals surface area (Å²) in [5.74, 6) is 1.65. The lowest BCUT2D eigenvalue weighted by molar-refractivity contribution is -0.139. The van der Waals surface area contributed by atoms with Crippen LogP contribution in [0.4, 0.5) is 17.3 Å². The molecule has 0 amide bonds. The van der Waals surface area contributed by atoms with E-state index in [0.29, 0.717) is 48.5 Å². The van der Waals surface area contributed by atoms with Crippen molar-refractivity contribution >= 4 is 23.3 Å². The van der Waals surface area contributed by atoms with Gasteiger partial charge in [-0.2, -0.15) is 0 Å². The number of pyridine rings is 1. The molecule has 0 unspecified atom stereocenters. The van der Waals surface area contributed by atoms with E-state index in [1.165, 1.54) is 0 Å². The molecule has 3 aromatic heterocycles. The molecule has 0 saturated carbocycles. The number of piperazine rings is 1. The van der Waals surface area contributed by atoms with Crippen molar-refractivity contribution in [2.45, 2.75) is 19.4 Å². The molecule has 36 heavy (non-hydrogen) atoms. The van der Waals surface area contributed by atoms with Gasteiger partial charge in [0.15, 0.2) is 5.82 Å². The zero-order chi connectivity index (χ0) is 24.9. The highest BCUT2D eigenvalue weighted by molar-refractivity contribution is 5.75. The van der Waals surface area contributed by atoms with E-state index in [0.717, 1.165) is 23.5 Å². The Balaban J connectivity index is 1.25. The predicted octanol–water partition coefficient (Wildman–Crippen LogP) is 2.83. The van der Waals surface area contributed by atoms with Gasteiger partial charge >= 0.3 is 5.97 Å². The number of aliphatic carboxylic acids is 1. The molecule has 1 aliphatic rings. The van der Waals surface area contributed by atoms with Crippen LogP contribution >= 0.6 is 0 Å². The van der Waals surface area contributed by atoms with E-state index >= 15 is 0 Å². The lowest BCUT2D eigenvalue weighted by Crippen LogP contribution is -2.54. The zero-order valence-electron chi connectivity index (χ0n) is 19.8. The van der Waals surface area contributed by atoms with Crippen molar-refractivity contribution in [2.24, 2.45) is 0 Å². The molecular weight excluding hydrogens is 456 g/mol. The standard InChI is InChI=1S/C26H26N8O2/c1-17-3-2-4-20(30-17)25-29-12-10-23(33-25)31-22-9-11-28-24(32-22)15-18-5-7-19(8-6-18)34-14-13-27-21(16-34)26(35)36/h2-12,21,27H,13-16H2,1H3,(H,35,36)(H,28,29,31,32,33)/t21-/m0/s1. The van der Waals surface area contributed by atoms with Crippen LogP contribution in [-0.2, 0) is 11.2 Å². The molecule has 182 valence electrons. The lowest BCUT2D eigenvalue weighted by Gasteiger charge is -2.33. The number of carboxylic acids is 1. The largest absolute Gasteiger partial charge is 0.480 e. The molecule has 0 radical (unpaired) electrons. The molecule has 0 spiro atoms. The first-order valence-electron chi connectivity index (χ1n) is 11.7. The van der Waals surface area contributed by atoms with E-state index in [4.69, 9.17) is 0 Å².